The van der Waals surface area contributed by atoms with Gasteiger partial charge in [0.05, 0.1) is 5.52 Å². The molecule has 0 spiro atoms. The Balaban J connectivity index is 3.04. The number of pyridine rings is 1. The summed E-state index contributed by atoms with van der Waals surface area (Å²) in [4.78, 5) is 11.1. The van der Waals surface area contributed by atoms with Crippen LogP contribution in [0.4, 0.5) is 0 Å². The topological polar surface area (TPSA) is 26.4 Å². The predicted molar refractivity (Wildman–Crippen MR) is 42.6 cm³/mol. The second-order valence-corrected chi connectivity index (χ2v) is 2.48. The number of rotatable bonds is 0. The van der Waals surface area contributed by atoms with Crippen LogP contribution in [-0.4, -0.2) is 9.20 Å². The summed E-state index contributed by atoms with van der Waals surface area (Å²) in [5.74, 6) is 0. The molecule has 0 unspecified atom stereocenters. The minimum Gasteiger partial charge on any atom is -0.268 e. The van der Waals surface area contributed by atoms with E-state index in [1.165, 1.54) is 0 Å². The lowest BCUT2D eigenvalue weighted by Gasteiger charge is -1.96. The maximum Gasteiger partial charge on any atom is 0.267 e. The first-order valence-electron chi connectivity index (χ1n) is 3.42. The average molecular weight is 148 g/mol. The van der Waals surface area contributed by atoms with Gasteiger partial charge >= 0.3 is 0 Å². The molecule has 0 saturated carbocycles. The lowest BCUT2D eigenvalue weighted by molar-refractivity contribution is 0.681. The highest BCUT2D eigenvalue weighted by Gasteiger charge is 1.96. The van der Waals surface area contributed by atoms with E-state index >= 15 is 0 Å². The lowest BCUT2D eigenvalue weighted by Crippen LogP contribution is -2.13. The highest BCUT2D eigenvalue weighted by molar-refractivity contribution is 5.44. The van der Waals surface area contributed by atoms with Crippen LogP contribution in [0.1, 0.15) is 0 Å². The zero-order chi connectivity index (χ0) is 7.84. The molecule has 3 nitrogen and oxygen atoms in total. The molecule has 2 aromatic heterocycles. The van der Waals surface area contributed by atoms with Crippen LogP contribution in [0.5, 0.6) is 0 Å². The van der Waals surface area contributed by atoms with Crippen molar-refractivity contribution in [2.45, 2.75) is 0 Å². The molecule has 3 heteroatoms. The Morgan fingerprint density at radius 3 is 2.91 bits per heavy atom. The van der Waals surface area contributed by atoms with Crippen LogP contribution in [0.2, 0.25) is 0 Å². The van der Waals surface area contributed by atoms with Gasteiger partial charge in [-0.3, -0.25) is 9.31 Å². The van der Waals surface area contributed by atoms with E-state index < -0.39 is 0 Å². The number of aryl methyl sites for hydroxylation is 1. The largest absolute Gasteiger partial charge is 0.268 e. The van der Waals surface area contributed by atoms with E-state index in [1.54, 1.807) is 17.8 Å². The molecule has 11 heavy (non-hydrogen) atoms. The van der Waals surface area contributed by atoms with E-state index in [9.17, 15) is 4.79 Å². The fourth-order valence-electron chi connectivity index (χ4n) is 1.16. The predicted octanol–water partition coefficient (Wildman–Crippen LogP) is 0.638. The van der Waals surface area contributed by atoms with Gasteiger partial charge < -0.3 is 0 Å². The number of aromatic nitrogens is 2. The average Bonchev–Trinajstić information content (AvgIpc) is 2.30. The Kier molecular flexibility index (Phi) is 1.12. The van der Waals surface area contributed by atoms with Crippen molar-refractivity contribution in [2.75, 3.05) is 0 Å². The molecule has 0 aliphatic carbocycles. The lowest BCUT2D eigenvalue weighted by atomic mass is 10.4. The Morgan fingerprint density at radius 2 is 2.18 bits per heavy atom. The fraction of sp³-hybridized carbons (Fsp3) is 0.125. The van der Waals surface area contributed by atoms with Crippen molar-refractivity contribution < 1.29 is 0 Å². The standard InChI is InChI=1S/C8H8N2O/c1-9-8(11)6-7-4-2-3-5-10(7)9/h2-6H,1H3. The Hall–Kier alpha value is -1.51. The Bertz CT molecular complexity index is 439. The number of hydrogen-bond acceptors (Lipinski definition) is 1. The van der Waals surface area contributed by atoms with Gasteiger partial charge in [0.15, 0.2) is 0 Å². The van der Waals surface area contributed by atoms with E-state index in [-0.39, 0.29) is 5.56 Å². The first-order chi connectivity index (χ1) is 5.29. The summed E-state index contributed by atoms with van der Waals surface area (Å²) in [6.45, 7) is 0. The summed E-state index contributed by atoms with van der Waals surface area (Å²) in [6.07, 6.45) is 1.86. The van der Waals surface area contributed by atoms with Gasteiger partial charge in [0, 0.05) is 19.3 Å². The molecule has 56 valence electrons. The first kappa shape index (κ1) is 6.22. The van der Waals surface area contributed by atoms with Crippen molar-refractivity contribution in [2.24, 2.45) is 7.05 Å². The van der Waals surface area contributed by atoms with Gasteiger partial charge in [0.2, 0.25) is 0 Å². The summed E-state index contributed by atoms with van der Waals surface area (Å²) in [7, 11) is 1.75. The third-order valence-corrected chi connectivity index (χ3v) is 1.78. The molecule has 0 aromatic carbocycles. The Morgan fingerprint density at radius 1 is 1.36 bits per heavy atom. The summed E-state index contributed by atoms with van der Waals surface area (Å²) in [5, 5.41) is 0. The molecule has 0 radical (unpaired) electrons. The third-order valence-electron chi connectivity index (χ3n) is 1.78. The third kappa shape index (κ3) is 0.774. The van der Waals surface area contributed by atoms with Crippen LogP contribution in [0.15, 0.2) is 35.3 Å². The van der Waals surface area contributed by atoms with Gasteiger partial charge in [-0.2, -0.15) is 0 Å². The molecule has 0 aliphatic heterocycles. The maximum atomic E-state index is 11.1. The molecule has 0 amide bonds. The van der Waals surface area contributed by atoms with Crippen LogP contribution in [0, 0.1) is 0 Å². The molecule has 0 saturated heterocycles. The zero-order valence-electron chi connectivity index (χ0n) is 6.19. The van der Waals surface area contributed by atoms with Gasteiger partial charge in [-0.15, -0.1) is 0 Å². The quantitative estimate of drug-likeness (QED) is 0.538. The van der Waals surface area contributed by atoms with E-state index in [2.05, 4.69) is 0 Å². The summed E-state index contributed by atoms with van der Waals surface area (Å²) in [5.41, 5.74) is 0.955. The van der Waals surface area contributed by atoms with Gasteiger partial charge in [-0.05, 0) is 12.1 Å². The monoisotopic (exact) mass is 148 g/mol. The van der Waals surface area contributed by atoms with Gasteiger partial charge in [-0.25, -0.2) is 4.68 Å². The Labute approximate surface area is 63.5 Å². The second-order valence-electron chi connectivity index (χ2n) is 2.48. The molecular weight excluding hydrogens is 140 g/mol. The highest BCUT2D eigenvalue weighted by Crippen LogP contribution is 1.97. The minimum atomic E-state index is 0.0243. The van der Waals surface area contributed by atoms with Gasteiger partial charge in [0.1, 0.15) is 0 Å². The van der Waals surface area contributed by atoms with Crippen LogP contribution in [-0.2, 0) is 7.05 Å². The minimum absolute atomic E-state index is 0.0243. The van der Waals surface area contributed by atoms with E-state index in [1.807, 2.05) is 28.9 Å². The van der Waals surface area contributed by atoms with Crippen molar-refractivity contribution in [1.29, 1.82) is 0 Å². The molecular formula is C8H8N2O. The SMILES string of the molecule is Cn1c(=O)cc2ccccn21. The molecule has 0 atom stereocenters. The van der Waals surface area contributed by atoms with Gasteiger partial charge in [-0.1, -0.05) is 6.07 Å². The number of hydrogen-bond donors (Lipinski definition) is 0. The van der Waals surface area contributed by atoms with E-state index in [0.717, 1.165) is 5.52 Å². The second kappa shape index (κ2) is 1.99. The summed E-state index contributed by atoms with van der Waals surface area (Å²) < 4.78 is 3.37. The van der Waals surface area contributed by atoms with Crippen LogP contribution >= 0.6 is 0 Å². The molecule has 2 heterocycles. The molecule has 2 aromatic rings. The van der Waals surface area contributed by atoms with Crippen molar-refractivity contribution in [1.82, 2.24) is 9.20 Å². The van der Waals surface area contributed by atoms with Crippen molar-refractivity contribution in [3.05, 3.63) is 40.8 Å². The summed E-state index contributed by atoms with van der Waals surface area (Å²) >= 11 is 0. The van der Waals surface area contributed by atoms with E-state index in [4.69, 9.17) is 0 Å². The number of nitrogens with zero attached hydrogens (tertiary/aromatic N) is 2. The molecule has 0 fully saturated rings. The van der Waals surface area contributed by atoms with Crippen LogP contribution in [0.3, 0.4) is 0 Å². The molecule has 0 bridgehead atoms. The van der Waals surface area contributed by atoms with E-state index in [0.29, 0.717) is 0 Å². The van der Waals surface area contributed by atoms with Crippen LogP contribution < -0.4 is 5.56 Å². The number of fused-ring (bicyclic) bond motifs is 1. The van der Waals surface area contributed by atoms with Gasteiger partial charge in [0.25, 0.3) is 5.56 Å². The van der Waals surface area contributed by atoms with Crippen molar-refractivity contribution in [3.63, 3.8) is 0 Å². The highest BCUT2D eigenvalue weighted by atomic mass is 16.1. The molecule has 0 aliphatic rings. The smallest absolute Gasteiger partial charge is 0.267 e. The fourth-order valence-corrected chi connectivity index (χ4v) is 1.16. The van der Waals surface area contributed by atoms with Crippen LogP contribution in [0.25, 0.3) is 5.52 Å². The van der Waals surface area contributed by atoms with Crippen molar-refractivity contribution >= 4 is 5.52 Å². The zero-order valence-corrected chi connectivity index (χ0v) is 6.19. The molecule has 0 N–H and O–H groups in total. The molecule has 2 rings (SSSR count). The summed E-state index contributed by atoms with van der Waals surface area (Å²) in [6, 6.07) is 7.32. The first-order valence-corrected chi connectivity index (χ1v) is 3.42. The maximum absolute atomic E-state index is 11.1. The normalized spacial score (nSPS) is 10.6. The van der Waals surface area contributed by atoms with Crippen molar-refractivity contribution in [3.8, 4) is 0 Å².